The lowest BCUT2D eigenvalue weighted by atomic mass is 10.0. The van der Waals surface area contributed by atoms with E-state index in [1.165, 1.54) is 28.8 Å². The number of nitrogens with one attached hydrogen (secondary N) is 1. The molecule has 0 aromatic heterocycles. The van der Waals surface area contributed by atoms with Gasteiger partial charge in [-0.3, -0.25) is 9.59 Å². The summed E-state index contributed by atoms with van der Waals surface area (Å²) in [6, 6.07) is 16.3. The quantitative estimate of drug-likeness (QED) is 0.197. The van der Waals surface area contributed by atoms with E-state index in [4.69, 9.17) is 14.6 Å². The summed E-state index contributed by atoms with van der Waals surface area (Å²) in [7, 11) is 0. The van der Waals surface area contributed by atoms with E-state index < -0.39 is 29.7 Å². The van der Waals surface area contributed by atoms with Crippen molar-refractivity contribution in [2.45, 2.75) is 36.6 Å². The van der Waals surface area contributed by atoms with E-state index in [1.807, 2.05) is 6.07 Å². The minimum Gasteiger partial charge on any atom is -0.489 e. The number of nitrogens with zero attached hydrogens (tertiary/aromatic N) is 1. The van der Waals surface area contributed by atoms with Crippen LogP contribution in [0.2, 0.25) is 0 Å². The van der Waals surface area contributed by atoms with Crippen molar-refractivity contribution in [1.29, 1.82) is 0 Å². The first kappa shape index (κ1) is 34.3. The molecular weight excluding hydrogens is 611 g/mol. The Bertz CT molecular complexity index is 1460. The molecule has 0 aliphatic carbocycles. The van der Waals surface area contributed by atoms with Crippen molar-refractivity contribution in [3.63, 3.8) is 0 Å². The van der Waals surface area contributed by atoms with Crippen LogP contribution in [0.5, 0.6) is 5.75 Å². The molecule has 4 rings (SSSR count). The highest BCUT2D eigenvalue weighted by Gasteiger charge is 2.38. The van der Waals surface area contributed by atoms with Crippen LogP contribution in [0.15, 0.2) is 65.6 Å². The number of benzene rings is 3. The van der Waals surface area contributed by atoms with Crippen molar-refractivity contribution in [2.24, 2.45) is 0 Å². The van der Waals surface area contributed by atoms with Gasteiger partial charge in [0, 0.05) is 16.5 Å². The Labute approximate surface area is 253 Å². The molecule has 1 aliphatic heterocycles. The predicted molar refractivity (Wildman–Crippen MR) is 153 cm³/mol. The van der Waals surface area contributed by atoms with Crippen molar-refractivity contribution >= 4 is 29.6 Å². The maximum absolute atomic E-state index is 13.8. The number of carbonyl (C=O) groups excluding carboxylic acids is 1. The summed E-state index contributed by atoms with van der Waals surface area (Å²) in [4.78, 5) is 35.6. The van der Waals surface area contributed by atoms with E-state index in [1.54, 1.807) is 48.7 Å². The third kappa shape index (κ3) is 9.67. The summed E-state index contributed by atoms with van der Waals surface area (Å²) in [5, 5.41) is 19.7. The maximum atomic E-state index is 13.8. The Morgan fingerprint density at radius 1 is 0.977 bits per heavy atom. The van der Waals surface area contributed by atoms with E-state index in [0.717, 1.165) is 24.2 Å². The topological polar surface area (TPSA) is 116 Å². The highest BCUT2D eigenvalue weighted by atomic mass is 32.2. The Kier molecular flexibility index (Phi) is 12.1. The lowest BCUT2D eigenvalue weighted by Crippen LogP contribution is -2.48. The zero-order chi connectivity index (χ0) is 32.4. The largest absolute Gasteiger partial charge is 0.490 e. The molecule has 44 heavy (non-hydrogen) atoms. The molecule has 3 aromatic rings. The third-order valence-electron chi connectivity index (χ3n) is 6.55. The van der Waals surface area contributed by atoms with Crippen LogP contribution in [0.25, 0.3) is 11.1 Å². The van der Waals surface area contributed by atoms with Gasteiger partial charge < -0.3 is 25.2 Å². The normalized spacial score (nSPS) is 13.4. The molecule has 1 aliphatic rings. The number of carboxylic acids is 2. The van der Waals surface area contributed by atoms with Crippen LogP contribution < -0.4 is 10.1 Å². The van der Waals surface area contributed by atoms with E-state index in [9.17, 15) is 36.6 Å². The molecule has 0 radical (unpaired) electrons. The van der Waals surface area contributed by atoms with Crippen molar-refractivity contribution in [3.8, 4) is 16.9 Å². The van der Waals surface area contributed by atoms with Crippen LogP contribution in [0.1, 0.15) is 28.8 Å². The van der Waals surface area contributed by atoms with Gasteiger partial charge in [-0.25, -0.2) is 13.6 Å². The van der Waals surface area contributed by atoms with E-state index in [2.05, 4.69) is 5.32 Å². The Balaban J connectivity index is 0.000000676. The minimum absolute atomic E-state index is 0.121. The molecule has 0 atom stereocenters. The van der Waals surface area contributed by atoms with E-state index in [-0.39, 0.29) is 25.1 Å². The van der Waals surface area contributed by atoms with Gasteiger partial charge in [-0.05, 0) is 85.3 Å². The van der Waals surface area contributed by atoms with Crippen LogP contribution in [0.4, 0.5) is 22.0 Å². The lowest BCUT2D eigenvalue weighted by molar-refractivity contribution is -0.192. The second-order valence-electron chi connectivity index (χ2n) is 9.59. The molecule has 3 aromatic carbocycles. The molecule has 1 fully saturated rings. The summed E-state index contributed by atoms with van der Waals surface area (Å²) < 4.78 is 65.0. The van der Waals surface area contributed by atoms with E-state index >= 15 is 0 Å². The summed E-state index contributed by atoms with van der Waals surface area (Å²) in [5.41, 5.74) is 2.52. The molecule has 1 amide bonds. The van der Waals surface area contributed by atoms with Crippen molar-refractivity contribution in [2.75, 3.05) is 25.9 Å². The first-order valence-corrected chi connectivity index (χ1v) is 14.4. The number of amides is 1. The van der Waals surface area contributed by atoms with Crippen LogP contribution in [0.3, 0.4) is 0 Å². The monoisotopic (exact) mass is 640 g/mol. The number of aliphatic carboxylic acids is 2. The van der Waals surface area contributed by atoms with Crippen molar-refractivity contribution in [1.82, 2.24) is 10.2 Å². The van der Waals surface area contributed by atoms with Gasteiger partial charge in [0.25, 0.3) is 5.91 Å². The Morgan fingerprint density at radius 2 is 1.59 bits per heavy atom. The first-order chi connectivity index (χ1) is 20.8. The van der Waals surface area contributed by atoms with Gasteiger partial charge in [0.1, 0.15) is 18.9 Å². The van der Waals surface area contributed by atoms with Gasteiger partial charge in [-0.2, -0.15) is 13.2 Å². The maximum Gasteiger partial charge on any atom is 0.490 e. The van der Waals surface area contributed by atoms with Crippen LogP contribution in [0, 0.1) is 11.6 Å². The standard InChI is InChI=1S/C28H28F2N2O4S.C2HF3O2/c1-37-26-15-25(30)24(29)14-23(26)19-5-7-22(8-6-19)36-17-18-3-2-4-20(13-18)28(35)32(16-27(33)34)21-9-11-31-12-10-21;3-2(4,5)1(6)7/h2-8,13-15,21,31H,9-12,16-17H2,1H3,(H,33,34);(H,6,7). The minimum atomic E-state index is -5.08. The summed E-state index contributed by atoms with van der Waals surface area (Å²) >= 11 is 1.34. The van der Waals surface area contributed by atoms with Gasteiger partial charge in [-0.1, -0.05) is 24.3 Å². The molecular formula is C30H29F5N2O6S. The molecule has 0 saturated carbocycles. The summed E-state index contributed by atoms with van der Waals surface area (Å²) in [5.74, 6) is -5.30. The summed E-state index contributed by atoms with van der Waals surface area (Å²) in [6.45, 7) is 1.35. The fourth-order valence-electron chi connectivity index (χ4n) is 4.41. The molecule has 1 saturated heterocycles. The first-order valence-electron chi connectivity index (χ1n) is 13.2. The number of carbonyl (C=O) groups is 3. The van der Waals surface area contributed by atoms with Crippen LogP contribution in [-0.4, -0.2) is 71.1 Å². The fraction of sp³-hybridized carbons (Fsp3) is 0.300. The average molecular weight is 641 g/mol. The highest BCUT2D eigenvalue weighted by Crippen LogP contribution is 2.33. The number of ether oxygens (including phenoxy) is 1. The zero-order valence-electron chi connectivity index (χ0n) is 23.4. The molecule has 1 heterocycles. The van der Waals surface area contributed by atoms with E-state index in [0.29, 0.717) is 34.6 Å². The van der Waals surface area contributed by atoms with Gasteiger partial charge >= 0.3 is 18.1 Å². The third-order valence-corrected chi connectivity index (χ3v) is 7.32. The average Bonchev–Trinajstić information content (AvgIpc) is 3.00. The number of carboxylic acid groups (broad SMARTS) is 2. The smallest absolute Gasteiger partial charge is 0.489 e. The van der Waals surface area contributed by atoms with Crippen molar-refractivity contribution < 1.29 is 51.3 Å². The number of hydrogen-bond acceptors (Lipinski definition) is 6. The molecule has 0 unspecified atom stereocenters. The lowest BCUT2D eigenvalue weighted by Gasteiger charge is -2.33. The summed E-state index contributed by atoms with van der Waals surface area (Å²) in [6.07, 6.45) is -1.86. The zero-order valence-corrected chi connectivity index (χ0v) is 24.2. The van der Waals surface area contributed by atoms with Gasteiger partial charge in [0.05, 0.1) is 0 Å². The van der Waals surface area contributed by atoms with Crippen LogP contribution in [-0.2, 0) is 16.2 Å². The molecule has 14 heteroatoms. The second kappa shape index (κ2) is 15.5. The second-order valence-corrected chi connectivity index (χ2v) is 10.4. The number of hydrogen-bond donors (Lipinski definition) is 3. The Morgan fingerprint density at radius 3 is 2.16 bits per heavy atom. The number of alkyl halides is 3. The van der Waals surface area contributed by atoms with Gasteiger partial charge in [-0.15, -0.1) is 11.8 Å². The van der Waals surface area contributed by atoms with Gasteiger partial charge in [0.2, 0.25) is 0 Å². The molecule has 8 nitrogen and oxygen atoms in total. The number of thioether (sulfide) groups is 1. The highest BCUT2D eigenvalue weighted by molar-refractivity contribution is 7.98. The molecule has 0 bridgehead atoms. The number of halogens is 5. The molecule has 236 valence electrons. The van der Waals surface area contributed by atoms with Crippen molar-refractivity contribution in [3.05, 3.63) is 83.4 Å². The molecule has 3 N–H and O–H groups in total. The van der Waals surface area contributed by atoms with Gasteiger partial charge in [0.15, 0.2) is 11.6 Å². The molecule has 0 spiro atoms. The Hall–Kier alpha value is -4.17. The number of piperidine rings is 1. The predicted octanol–water partition coefficient (Wildman–Crippen LogP) is 5.84. The fourth-order valence-corrected chi connectivity index (χ4v) is 5.03. The van der Waals surface area contributed by atoms with Crippen LogP contribution >= 0.6 is 11.8 Å². The number of rotatable bonds is 9. The SMILES string of the molecule is CSc1cc(F)c(F)cc1-c1ccc(OCc2cccc(C(=O)N(CC(=O)O)C3CCNCC3)c2)cc1.O=C(O)C(F)(F)F.